The molecule has 4 nitrogen and oxygen atoms in total. The zero-order valence-electron chi connectivity index (χ0n) is 17.4. The van der Waals surface area contributed by atoms with Crippen LogP contribution in [0.2, 0.25) is 0 Å². The van der Waals surface area contributed by atoms with Crippen molar-refractivity contribution in [1.82, 2.24) is 10.2 Å². The molecule has 0 spiro atoms. The summed E-state index contributed by atoms with van der Waals surface area (Å²) in [6.07, 6.45) is 1.06. The minimum Gasteiger partial charge on any atom is -0.354 e. The average molecular weight is 381 g/mol. The molecular weight excluding hydrogens is 348 g/mol. The first-order chi connectivity index (χ1) is 13.4. The van der Waals surface area contributed by atoms with Gasteiger partial charge < -0.3 is 10.2 Å². The van der Waals surface area contributed by atoms with E-state index in [0.29, 0.717) is 31.8 Å². The number of carbonyl (C=O) groups is 2. The second kappa shape index (κ2) is 10.6. The molecule has 0 heterocycles. The number of hydrogen-bond donors (Lipinski definition) is 1. The number of aryl methyl sites for hydroxylation is 2. The normalized spacial score (nSPS) is 11.9. The highest BCUT2D eigenvalue weighted by molar-refractivity contribution is 5.87. The van der Waals surface area contributed by atoms with E-state index in [9.17, 15) is 9.59 Å². The van der Waals surface area contributed by atoms with Crippen molar-refractivity contribution in [2.45, 2.75) is 53.1 Å². The summed E-state index contributed by atoms with van der Waals surface area (Å²) in [5.41, 5.74) is 3.36. The van der Waals surface area contributed by atoms with E-state index >= 15 is 0 Å². The van der Waals surface area contributed by atoms with Crippen molar-refractivity contribution < 1.29 is 9.59 Å². The number of nitrogens with one attached hydrogen (secondary N) is 1. The van der Waals surface area contributed by atoms with Crippen LogP contribution in [0.15, 0.2) is 54.6 Å². The summed E-state index contributed by atoms with van der Waals surface area (Å²) in [7, 11) is 0. The third-order valence-corrected chi connectivity index (χ3v) is 4.80. The Kier molecular flexibility index (Phi) is 8.24. The van der Waals surface area contributed by atoms with Crippen molar-refractivity contribution in [2.24, 2.45) is 5.92 Å². The maximum Gasteiger partial charge on any atom is 0.242 e. The van der Waals surface area contributed by atoms with E-state index < -0.39 is 6.04 Å². The first kappa shape index (κ1) is 21.7. The molecule has 0 saturated carbocycles. The van der Waals surface area contributed by atoms with Crippen molar-refractivity contribution in [2.75, 3.05) is 6.54 Å². The summed E-state index contributed by atoms with van der Waals surface area (Å²) < 4.78 is 0. The van der Waals surface area contributed by atoms with Gasteiger partial charge in [0.25, 0.3) is 0 Å². The molecule has 28 heavy (non-hydrogen) atoms. The fourth-order valence-electron chi connectivity index (χ4n) is 2.96. The molecular formula is C24H32N2O2. The third-order valence-electron chi connectivity index (χ3n) is 4.80. The molecule has 0 aliphatic rings. The van der Waals surface area contributed by atoms with Gasteiger partial charge in [-0.05, 0) is 37.3 Å². The SMILES string of the molecule is Cc1ccc(CCC(=O)N(Cc2ccccc2)[C@@H](C)C(=O)NCC(C)C)cc1. The van der Waals surface area contributed by atoms with Crippen LogP contribution in [0.5, 0.6) is 0 Å². The molecule has 2 aromatic carbocycles. The minimum absolute atomic E-state index is 0.00313. The maximum atomic E-state index is 13.0. The molecule has 0 bridgehead atoms. The van der Waals surface area contributed by atoms with Crippen LogP contribution in [0.25, 0.3) is 0 Å². The van der Waals surface area contributed by atoms with Crippen LogP contribution in [-0.4, -0.2) is 29.3 Å². The van der Waals surface area contributed by atoms with Crippen molar-refractivity contribution in [3.8, 4) is 0 Å². The molecule has 0 unspecified atom stereocenters. The Balaban J connectivity index is 2.08. The van der Waals surface area contributed by atoms with Gasteiger partial charge in [-0.3, -0.25) is 9.59 Å². The van der Waals surface area contributed by atoms with Crippen LogP contribution in [0.3, 0.4) is 0 Å². The largest absolute Gasteiger partial charge is 0.354 e. The van der Waals surface area contributed by atoms with Crippen molar-refractivity contribution >= 4 is 11.8 Å². The quantitative estimate of drug-likeness (QED) is 0.711. The molecule has 0 radical (unpaired) electrons. The van der Waals surface area contributed by atoms with Crippen LogP contribution in [0, 0.1) is 12.8 Å². The monoisotopic (exact) mass is 380 g/mol. The van der Waals surface area contributed by atoms with Crippen LogP contribution in [0.4, 0.5) is 0 Å². The van der Waals surface area contributed by atoms with Crippen molar-refractivity contribution in [3.05, 3.63) is 71.3 Å². The Morgan fingerprint density at radius 2 is 1.57 bits per heavy atom. The van der Waals surface area contributed by atoms with Crippen LogP contribution in [-0.2, 0) is 22.6 Å². The van der Waals surface area contributed by atoms with Crippen LogP contribution < -0.4 is 5.32 Å². The standard InChI is InChI=1S/C24H32N2O2/c1-18(2)16-25-24(28)20(4)26(17-22-8-6-5-7-9-22)23(27)15-14-21-12-10-19(3)11-13-21/h5-13,18,20H,14-17H2,1-4H3,(H,25,28)/t20-/m0/s1. The maximum absolute atomic E-state index is 13.0. The lowest BCUT2D eigenvalue weighted by Crippen LogP contribution is -2.48. The zero-order valence-corrected chi connectivity index (χ0v) is 17.4. The number of benzene rings is 2. The van der Waals surface area contributed by atoms with E-state index in [2.05, 4.69) is 43.4 Å². The summed E-state index contributed by atoms with van der Waals surface area (Å²) in [6.45, 7) is 9.01. The molecule has 4 heteroatoms. The Morgan fingerprint density at radius 1 is 0.929 bits per heavy atom. The van der Waals surface area contributed by atoms with Gasteiger partial charge in [-0.15, -0.1) is 0 Å². The van der Waals surface area contributed by atoms with Gasteiger partial charge in [0, 0.05) is 19.5 Å². The first-order valence-electron chi connectivity index (χ1n) is 10.0. The van der Waals surface area contributed by atoms with Gasteiger partial charge in [-0.25, -0.2) is 0 Å². The molecule has 0 aromatic heterocycles. The number of amides is 2. The van der Waals surface area contributed by atoms with Crippen LogP contribution in [0.1, 0.15) is 43.9 Å². The van der Waals surface area contributed by atoms with Gasteiger partial charge in [0.1, 0.15) is 6.04 Å². The summed E-state index contributed by atoms with van der Waals surface area (Å²) in [5, 5.41) is 2.95. The second-order valence-electron chi connectivity index (χ2n) is 7.81. The zero-order chi connectivity index (χ0) is 20.5. The Bertz CT molecular complexity index is 754. The van der Waals surface area contributed by atoms with Gasteiger partial charge in [-0.2, -0.15) is 0 Å². The number of nitrogens with zero attached hydrogens (tertiary/aromatic N) is 1. The lowest BCUT2D eigenvalue weighted by Gasteiger charge is -2.29. The van der Waals surface area contributed by atoms with E-state index in [1.54, 1.807) is 4.90 Å². The first-order valence-corrected chi connectivity index (χ1v) is 10.0. The van der Waals surface area contributed by atoms with Gasteiger partial charge in [0.15, 0.2) is 0 Å². The van der Waals surface area contributed by atoms with Gasteiger partial charge in [0.05, 0.1) is 0 Å². The highest BCUT2D eigenvalue weighted by Gasteiger charge is 2.25. The molecule has 1 N–H and O–H groups in total. The van der Waals surface area contributed by atoms with E-state index in [1.165, 1.54) is 5.56 Å². The highest BCUT2D eigenvalue weighted by atomic mass is 16.2. The van der Waals surface area contributed by atoms with E-state index in [1.807, 2.05) is 44.2 Å². The van der Waals surface area contributed by atoms with Gasteiger partial charge in [0.2, 0.25) is 11.8 Å². The fraction of sp³-hybridized carbons (Fsp3) is 0.417. The van der Waals surface area contributed by atoms with E-state index in [4.69, 9.17) is 0 Å². The second-order valence-corrected chi connectivity index (χ2v) is 7.81. The van der Waals surface area contributed by atoms with E-state index in [0.717, 1.165) is 11.1 Å². The summed E-state index contributed by atoms with van der Waals surface area (Å²) >= 11 is 0. The molecule has 2 amide bonds. The molecule has 2 aromatic rings. The molecule has 0 aliphatic carbocycles. The van der Waals surface area contributed by atoms with Gasteiger partial charge in [-0.1, -0.05) is 74.0 Å². The number of hydrogen-bond acceptors (Lipinski definition) is 2. The summed E-state index contributed by atoms with van der Waals surface area (Å²) in [6, 6.07) is 17.6. The molecule has 0 saturated heterocycles. The lowest BCUT2D eigenvalue weighted by molar-refractivity contribution is -0.140. The summed E-state index contributed by atoms with van der Waals surface area (Å²) in [4.78, 5) is 27.3. The lowest BCUT2D eigenvalue weighted by atomic mass is 10.1. The average Bonchev–Trinajstić information content (AvgIpc) is 2.69. The molecule has 150 valence electrons. The van der Waals surface area contributed by atoms with Gasteiger partial charge >= 0.3 is 0 Å². The summed E-state index contributed by atoms with van der Waals surface area (Å²) in [5.74, 6) is 0.265. The van der Waals surface area contributed by atoms with Crippen molar-refractivity contribution in [3.63, 3.8) is 0 Å². The predicted octanol–water partition coefficient (Wildman–Crippen LogP) is 4.12. The van der Waals surface area contributed by atoms with Crippen molar-refractivity contribution in [1.29, 1.82) is 0 Å². The number of carbonyl (C=O) groups excluding carboxylic acids is 2. The third kappa shape index (κ3) is 6.84. The minimum atomic E-state index is -0.510. The smallest absolute Gasteiger partial charge is 0.242 e. The van der Waals surface area contributed by atoms with Crippen LogP contribution >= 0.6 is 0 Å². The molecule has 1 atom stereocenters. The Morgan fingerprint density at radius 3 is 2.18 bits per heavy atom. The fourth-order valence-corrected chi connectivity index (χ4v) is 2.96. The Hall–Kier alpha value is -2.62. The Labute approximate surface area is 169 Å². The molecule has 2 rings (SSSR count). The molecule has 0 fully saturated rings. The molecule has 0 aliphatic heterocycles. The highest BCUT2D eigenvalue weighted by Crippen LogP contribution is 2.13. The number of rotatable bonds is 9. The van der Waals surface area contributed by atoms with E-state index in [-0.39, 0.29) is 11.8 Å². The predicted molar refractivity (Wildman–Crippen MR) is 114 cm³/mol. The topological polar surface area (TPSA) is 49.4 Å².